The molecule has 3 nitrogen and oxygen atoms in total. The Hall–Kier alpha value is 1.34. The average molecular weight is 320 g/mol. The van der Waals surface area contributed by atoms with Crippen molar-refractivity contribution in [2.75, 3.05) is 13.2 Å². The van der Waals surface area contributed by atoms with E-state index in [-0.39, 0.29) is 6.61 Å². The minimum absolute atomic E-state index is 0.154. The molecule has 0 aliphatic carbocycles. The summed E-state index contributed by atoms with van der Waals surface area (Å²) >= 11 is 1.09. The molecule has 42 valence electrons. The molecular weight excluding hydrogens is 312 g/mol. The first-order valence-electron chi connectivity index (χ1n) is 1.54. The van der Waals surface area contributed by atoms with E-state index in [0.29, 0.717) is 29.1 Å². The van der Waals surface area contributed by atoms with E-state index >= 15 is 0 Å². The van der Waals surface area contributed by atoms with Crippen LogP contribution in [0.5, 0.6) is 0 Å². The second kappa shape index (κ2) is 15.7. The Morgan fingerprint density at radius 2 is 2.14 bits per heavy atom. The van der Waals surface area contributed by atoms with Gasteiger partial charge < -0.3 is 0 Å². The van der Waals surface area contributed by atoms with E-state index in [1.54, 1.807) is 0 Å². The first-order chi connectivity index (χ1) is 3.41. The number of hydrogen-bond donors (Lipinski definition) is 1. The first kappa shape index (κ1) is 11.2. The number of rotatable bonds is 2. The summed E-state index contributed by atoms with van der Waals surface area (Å²) in [6.45, 7) is 0.656. The maximum atomic E-state index is 8.34. The van der Waals surface area contributed by atoms with E-state index in [1.807, 2.05) is 0 Å². The predicted octanol–water partition coefficient (Wildman–Crippen LogP) is -1.96. The van der Waals surface area contributed by atoms with E-state index < -0.39 is 0 Å². The summed E-state index contributed by atoms with van der Waals surface area (Å²) in [4.78, 5) is 0. The van der Waals surface area contributed by atoms with Crippen LogP contribution in [0.1, 0.15) is 0 Å². The second-order valence-corrected chi connectivity index (χ2v) is 1.55. The fourth-order valence-corrected chi connectivity index (χ4v) is 0.354. The standard InChI is InChI=1S/C2H5O2.O.Sb.Sn.2H/c3-1-2-4;;;;;/h3H,1-2H2;;;;;/q-1;;+1;;;. The monoisotopic (exact) mass is 320 g/mol. The van der Waals surface area contributed by atoms with Gasteiger partial charge in [-0.2, -0.15) is 0 Å². The fraction of sp³-hybridized carbons (Fsp3) is 1.00. The van der Waals surface area contributed by atoms with Crippen LogP contribution in [0.2, 0.25) is 0 Å². The van der Waals surface area contributed by atoms with Crippen molar-refractivity contribution >= 4 is 46.0 Å². The van der Waals surface area contributed by atoms with E-state index in [1.165, 1.54) is 0 Å². The molecule has 2 radical (unpaired) electrons. The third kappa shape index (κ3) is 18.8. The van der Waals surface area contributed by atoms with E-state index in [4.69, 9.17) is 8.18 Å². The third-order valence-electron chi connectivity index (χ3n) is 0.209. The van der Waals surface area contributed by atoms with Gasteiger partial charge in [0.25, 0.3) is 0 Å². The Balaban J connectivity index is 0. The van der Waals surface area contributed by atoms with Gasteiger partial charge in [-0.1, -0.05) is 0 Å². The molecule has 0 rings (SSSR count). The van der Waals surface area contributed by atoms with Crippen LogP contribution in [0, 0.1) is 0 Å². The van der Waals surface area contributed by atoms with E-state index in [9.17, 15) is 0 Å². The van der Waals surface area contributed by atoms with Gasteiger partial charge in [-0.3, -0.25) is 0 Å². The zero-order valence-electron chi connectivity index (χ0n) is 3.76. The molecule has 0 aliphatic rings. The normalized spacial score (nSPS) is 6.57. The average Bonchev–Trinajstić information content (AvgIpc) is 1.75. The van der Waals surface area contributed by atoms with Gasteiger partial charge in [-0.15, -0.1) is 0 Å². The quantitative estimate of drug-likeness (QED) is 0.602. The van der Waals surface area contributed by atoms with Crippen molar-refractivity contribution in [2.45, 2.75) is 0 Å². The Labute approximate surface area is 69.9 Å². The fourth-order valence-electron chi connectivity index (χ4n) is 0.0527. The third-order valence-corrected chi connectivity index (χ3v) is 0.882. The molecule has 0 heterocycles. The summed E-state index contributed by atoms with van der Waals surface area (Å²) in [6, 6.07) is 0. The molecule has 0 aromatic heterocycles. The Bertz CT molecular complexity index is 26.9. The van der Waals surface area contributed by atoms with Crippen LogP contribution in [0.15, 0.2) is 0 Å². The van der Waals surface area contributed by atoms with Crippen molar-refractivity contribution in [3.05, 3.63) is 0 Å². The molecule has 0 atom stereocenters. The molecular formula is C2H7O3SbSn. The summed E-state index contributed by atoms with van der Waals surface area (Å²) in [5.41, 5.74) is 0. The second-order valence-electron chi connectivity index (χ2n) is 0.594. The zero-order chi connectivity index (χ0) is 6.12. The van der Waals surface area contributed by atoms with Crippen molar-refractivity contribution < 1.29 is 11.2 Å². The van der Waals surface area contributed by atoms with Crippen LogP contribution in [0.4, 0.5) is 0 Å². The molecule has 0 spiro atoms. The van der Waals surface area contributed by atoms with E-state index in [0.717, 1.165) is 23.4 Å². The van der Waals surface area contributed by atoms with Crippen LogP contribution in [0.25, 0.3) is 0 Å². The zero-order valence-corrected chi connectivity index (χ0v) is 9.91. The van der Waals surface area contributed by atoms with Gasteiger partial charge in [0.05, 0.1) is 0 Å². The Kier molecular flexibility index (Phi) is 25.0. The molecule has 7 heavy (non-hydrogen) atoms. The molecule has 0 unspecified atom stereocenters. The molecule has 0 aromatic rings. The molecule has 1 N–H and O–H groups in total. The van der Waals surface area contributed by atoms with Crippen molar-refractivity contribution in [2.24, 2.45) is 0 Å². The molecule has 5 heteroatoms. The Morgan fingerprint density at radius 3 is 2.14 bits per heavy atom. The van der Waals surface area contributed by atoms with Crippen LogP contribution in [-0.2, 0) is 6.09 Å². The van der Waals surface area contributed by atoms with Gasteiger partial charge >= 0.3 is 70.4 Å². The van der Waals surface area contributed by atoms with Gasteiger partial charge in [0.15, 0.2) is 0 Å². The van der Waals surface area contributed by atoms with E-state index in [2.05, 4.69) is 3.02 Å². The summed E-state index contributed by atoms with van der Waals surface area (Å²) < 4.78 is 12.9. The first-order valence-corrected chi connectivity index (χ1v) is 4.06. The minimum atomic E-state index is 0.154. The topological polar surface area (TPSA) is 46.5 Å². The molecule has 0 aromatic carbocycles. The predicted molar refractivity (Wildman–Crippen MR) is 28.0 cm³/mol. The summed E-state index contributed by atoms with van der Waals surface area (Å²) in [5.74, 6) is 0. The molecule has 0 amide bonds. The number of hydrogen-bond acceptors (Lipinski definition) is 3. The van der Waals surface area contributed by atoms with Crippen LogP contribution in [0.3, 0.4) is 0 Å². The van der Waals surface area contributed by atoms with Crippen molar-refractivity contribution in [1.29, 1.82) is 0 Å². The van der Waals surface area contributed by atoms with Crippen molar-refractivity contribution in [1.82, 2.24) is 0 Å². The van der Waals surface area contributed by atoms with Crippen LogP contribution in [-0.4, -0.2) is 64.3 Å². The molecule has 0 bridgehead atoms. The molecule has 0 saturated heterocycles. The molecule has 0 saturated carbocycles. The van der Waals surface area contributed by atoms with Gasteiger partial charge in [0.1, 0.15) is 0 Å². The summed E-state index contributed by atoms with van der Waals surface area (Å²) in [5, 5.41) is 7.96. The Morgan fingerprint density at radius 1 is 1.71 bits per heavy atom. The molecule has 0 fully saturated rings. The van der Waals surface area contributed by atoms with Crippen LogP contribution >= 0.6 is 0 Å². The van der Waals surface area contributed by atoms with Crippen molar-refractivity contribution in [3.8, 4) is 0 Å². The van der Waals surface area contributed by atoms with Crippen molar-refractivity contribution in [3.63, 3.8) is 0 Å². The van der Waals surface area contributed by atoms with Gasteiger partial charge in [-0.05, 0) is 0 Å². The molecule has 0 aliphatic heterocycles. The number of aliphatic hydroxyl groups is 1. The maximum absolute atomic E-state index is 8.34. The van der Waals surface area contributed by atoms with Gasteiger partial charge in [-0.25, -0.2) is 0 Å². The SMILES string of the molecule is OCC[O][SbH2].[O]=[Sn]. The van der Waals surface area contributed by atoms with Crippen LogP contribution < -0.4 is 0 Å². The summed E-state index contributed by atoms with van der Waals surface area (Å²) in [6.07, 6.45) is 0. The van der Waals surface area contributed by atoms with Gasteiger partial charge in [0.2, 0.25) is 0 Å². The summed E-state index contributed by atoms with van der Waals surface area (Å²) in [7, 11) is 0. The van der Waals surface area contributed by atoms with Gasteiger partial charge in [0, 0.05) is 0 Å². The number of aliphatic hydroxyl groups excluding tert-OH is 1.